The van der Waals surface area contributed by atoms with Gasteiger partial charge in [0.2, 0.25) is 5.91 Å². The molecule has 1 atom stereocenters. The Morgan fingerprint density at radius 2 is 1.97 bits per heavy atom. The molecule has 32 heavy (non-hydrogen) atoms. The van der Waals surface area contributed by atoms with Gasteiger partial charge in [-0.2, -0.15) is 0 Å². The van der Waals surface area contributed by atoms with E-state index in [1.54, 1.807) is 43.3 Å². The number of amides is 3. The molecule has 0 spiro atoms. The molecule has 166 valence electrons. The number of benzene rings is 2. The smallest absolute Gasteiger partial charge is 0.338 e. The average molecular weight is 476 g/mol. The minimum Gasteiger partial charge on any atom is -0.495 e. The summed E-state index contributed by atoms with van der Waals surface area (Å²) in [4.78, 5) is 39.3. The highest BCUT2D eigenvalue weighted by Gasteiger charge is 2.42. The van der Waals surface area contributed by atoms with E-state index in [0.717, 1.165) is 5.56 Å². The summed E-state index contributed by atoms with van der Waals surface area (Å²) < 4.78 is 10.5. The van der Waals surface area contributed by atoms with E-state index in [4.69, 9.17) is 32.7 Å². The van der Waals surface area contributed by atoms with E-state index in [-0.39, 0.29) is 13.2 Å². The summed E-state index contributed by atoms with van der Waals surface area (Å²) in [6, 6.07) is 8.86. The monoisotopic (exact) mass is 475 g/mol. The Bertz CT molecular complexity index is 1150. The van der Waals surface area contributed by atoms with Crippen LogP contribution < -0.4 is 15.4 Å². The lowest BCUT2D eigenvalue weighted by molar-refractivity contribution is -0.136. The Kier molecular flexibility index (Phi) is 5.99. The first-order valence-electron chi connectivity index (χ1n) is 9.66. The van der Waals surface area contributed by atoms with Crippen molar-refractivity contribution in [3.8, 4) is 5.75 Å². The maximum atomic E-state index is 12.9. The van der Waals surface area contributed by atoms with Crippen molar-refractivity contribution in [1.82, 2.24) is 10.2 Å². The van der Waals surface area contributed by atoms with Crippen LogP contribution in [-0.2, 0) is 14.3 Å². The van der Waals surface area contributed by atoms with E-state index < -0.39 is 23.9 Å². The van der Waals surface area contributed by atoms with Crippen molar-refractivity contribution in [2.24, 2.45) is 0 Å². The Morgan fingerprint density at radius 3 is 2.66 bits per heavy atom. The third-order valence-electron chi connectivity index (χ3n) is 5.26. The SMILES string of the molecule is COc1cc(Cl)c(C)cc1NC(=O)CN1C(=O)NC(c2ccc(Cl)cc2)C2=C1COC2=O. The summed E-state index contributed by atoms with van der Waals surface area (Å²) in [5, 5.41) is 6.54. The molecule has 3 amide bonds. The molecule has 2 aromatic carbocycles. The van der Waals surface area contributed by atoms with Gasteiger partial charge in [0, 0.05) is 16.1 Å². The second-order valence-corrected chi connectivity index (χ2v) is 8.15. The number of halogens is 2. The molecule has 2 heterocycles. The van der Waals surface area contributed by atoms with Crippen LogP contribution in [0.3, 0.4) is 0 Å². The quantitative estimate of drug-likeness (QED) is 0.640. The number of nitrogens with zero attached hydrogens (tertiary/aromatic N) is 1. The largest absolute Gasteiger partial charge is 0.495 e. The summed E-state index contributed by atoms with van der Waals surface area (Å²) in [5.41, 5.74) is 2.50. The number of anilines is 1. The van der Waals surface area contributed by atoms with Crippen molar-refractivity contribution < 1.29 is 23.9 Å². The first kappa shape index (κ1) is 22.0. The molecule has 0 saturated heterocycles. The van der Waals surface area contributed by atoms with Crippen LogP contribution in [0.5, 0.6) is 5.75 Å². The van der Waals surface area contributed by atoms with E-state index in [1.807, 2.05) is 0 Å². The summed E-state index contributed by atoms with van der Waals surface area (Å²) in [6.45, 7) is 1.38. The second kappa shape index (κ2) is 8.72. The van der Waals surface area contributed by atoms with E-state index >= 15 is 0 Å². The van der Waals surface area contributed by atoms with E-state index in [2.05, 4.69) is 10.6 Å². The zero-order valence-electron chi connectivity index (χ0n) is 17.2. The van der Waals surface area contributed by atoms with Crippen molar-refractivity contribution in [3.63, 3.8) is 0 Å². The first-order valence-corrected chi connectivity index (χ1v) is 10.4. The zero-order valence-corrected chi connectivity index (χ0v) is 18.7. The van der Waals surface area contributed by atoms with Gasteiger partial charge >= 0.3 is 12.0 Å². The molecule has 10 heteroatoms. The Hall–Kier alpha value is -3.23. The van der Waals surface area contributed by atoms with E-state index in [1.165, 1.54) is 12.0 Å². The Morgan fingerprint density at radius 1 is 1.25 bits per heavy atom. The minimum atomic E-state index is -0.692. The summed E-state index contributed by atoms with van der Waals surface area (Å²) in [7, 11) is 1.46. The van der Waals surface area contributed by atoms with Crippen LogP contribution in [0, 0.1) is 6.92 Å². The van der Waals surface area contributed by atoms with Crippen LogP contribution in [-0.4, -0.2) is 43.1 Å². The number of cyclic esters (lactones) is 1. The highest BCUT2D eigenvalue weighted by Crippen LogP contribution is 2.36. The number of aryl methyl sites for hydroxylation is 1. The number of hydrogen-bond donors (Lipinski definition) is 2. The summed E-state index contributed by atoms with van der Waals surface area (Å²) >= 11 is 12.1. The van der Waals surface area contributed by atoms with Gasteiger partial charge in [0.05, 0.1) is 30.1 Å². The maximum absolute atomic E-state index is 12.9. The molecule has 0 bridgehead atoms. The minimum absolute atomic E-state index is 0.0949. The number of hydrogen-bond acceptors (Lipinski definition) is 5. The number of urea groups is 1. The topological polar surface area (TPSA) is 97.0 Å². The molecular formula is C22H19Cl2N3O5. The van der Waals surface area contributed by atoms with Gasteiger partial charge in [-0.25, -0.2) is 9.59 Å². The Balaban J connectivity index is 1.59. The number of carbonyl (C=O) groups excluding carboxylic acids is 3. The molecule has 0 fully saturated rings. The number of esters is 1. The summed E-state index contributed by atoms with van der Waals surface area (Å²) in [6.07, 6.45) is 0. The normalized spacial score (nSPS) is 17.6. The number of nitrogens with one attached hydrogen (secondary N) is 2. The molecule has 2 aliphatic heterocycles. The molecule has 2 N–H and O–H groups in total. The van der Waals surface area contributed by atoms with Gasteiger partial charge in [-0.15, -0.1) is 0 Å². The van der Waals surface area contributed by atoms with Crippen LogP contribution >= 0.6 is 23.2 Å². The highest BCUT2D eigenvalue weighted by molar-refractivity contribution is 6.31. The molecule has 4 rings (SSSR count). The number of rotatable bonds is 5. The van der Waals surface area contributed by atoms with Crippen LogP contribution in [0.4, 0.5) is 10.5 Å². The van der Waals surface area contributed by atoms with Gasteiger partial charge in [0.15, 0.2) is 0 Å². The third-order valence-corrected chi connectivity index (χ3v) is 5.92. The van der Waals surface area contributed by atoms with Gasteiger partial charge < -0.3 is 20.1 Å². The lowest BCUT2D eigenvalue weighted by atomic mass is 9.96. The van der Waals surface area contributed by atoms with Crippen LogP contribution in [0.1, 0.15) is 17.2 Å². The number of carbonyl (C=O) groups is 3. The number of methoxy groups -OCH3 is 1. The first-order chi connectivity index (χ1) is 15.3. The molecular weight excluding hydrogens is 457 g/mol. The lowest BCUT2D eigenvalue weighted by Gasteiger charge is -2.32. The molecule has 0 saturated carbocycles. The molecule has 0 radical (unpaired) electrons. The zero-order chi connectivity index (χ0) is 23.0. The van der Waals surface area contributed by atoms with Crippen molar-refractivity contribution in [2.75, 3.05) is 25.6 Å². The predicted octanol–water partition coefficient (Wildman–Crippen LogP) is 3.83. The van der Waals surface area contributed by atoms with Crippen LogP contribution in [0.2, 0.25) is 10.0 Å². The van der Waals surface area contributed by atoms with Crippen LogP contribution in [0.25, 0.3) is 0 Å². The molecule has 2 aromatic rings. The fourth-order valence-electron chi connectivity index (χ4n) is 3.65. The van der Waals surface area contributed by atoms with Gasteiger partial charge in [-0.3, -0.25) is 9.69 Å². The van der Waals surface area contributed by atoms with Gasteiger partial charge in [0.25, 0.3) is 0 Å². The average Bonchev–Trinajstić information content (AvgIpc) is 3.14. The molecule has 0 aromatic heterocycles. The fraction of sp³-hybridized carbons (Fsp3) is 0.227. The third kappa shape index (κ3) is 4.11. The maximum Gasteiger partial charge on any atom is 0.338 e. The van der Waals surface area contributed by atoms with Crippen molar-refractivity contribution in [1.29, 1.82) is 0 Å². The van der Waals surface area contributed by atoms with Crippen molar-refractivity contribution >= 4 is 46.8 Å². The van der Waals surface area contributed by atoms with E-state index in [0.29, 0.717) is 38.3 Å². The lowest BCUT2D eigenvalue weighted by Crippen LogP contribution is -2.49. The standard InChI is InChI=1S/C22H19Cl2N3O5/c1-11-7-15(17(31-2)8-14(11)24)25-18(28)9-27-16-10-32-21(29)19(16)20(26-22(27)30)12-3-5-13(23)6-4-12/h3-8,20H,9-10H2,1-2H3,(H,25,28)(H,26,30). The predicted molar refractivity (Wildman–Crippen MR) is 119 cm³/mol. The molecule has 1 unspecified atom stereocenters. The Labute approximate surface area is 194 Å². The van der Waals surface area contributed by atoms with Crippen LogP contribution in [0.15, 0.2) is 47.7 Å². The summed E-state index contributed by atoms with van der Waals surface area (Å²) in [5.74, 6) is -0.629. The molecule has 0 aliphatic carbocycles. The fourth-order valence-corrected chi connectivity index (χ4v) is 3.93. The van der Waals surface area contributed by atoms with Gasteiger partial charge in [-0.05, 0) is 36.2 Å². The molecule has 8 nitrogen and oxygen atoms in total. The van der Waals surface area contributed by atoms with Gasteiger partial charge in [0.1, 0.15) is 18.9 Å². The number of ether oxygens (including phenoxy) is 2. The highest BCUT2D eigenvalue weighted by atomic mass is 35.5. The van der Waals surface area contributed by atoms with Gasteiger partial charge in [-0.1, -0.05) is 35.3 Å². The molecule has 2 aliphatic rings. The van der Waals surface area contributed by atoms with Crippen molar-refractivity contribution in [2.45, 2.75) is 13.0 Å². The second-order valence-electron chi connectivity index (χ2n) is 7.31. The van der Waals surface area contributed by atoms with Crippen molar-refractivity contribution in [3.05, 3.63) is 68.8 Å². The van der Waals surface area contributed by atoms with E-state index in [9.17, 15) is 14.4 Å².